The van der Waals surface area contributed by atoms with Gasteiger partial charge in [-0.1, -0.05) is 11.6 Å². The Hall–Kier alpha value is -1.86. The van der Waals surface area contributed by atoms with E-state index < -0.39 is 15.8 Å². The molecule has 3 rings (SSSR count). The van der Waals surface area contributed by atoms with Gasteiger partial charge in [0.15, 0.2) is 5.58 Å². The van der Waals surface area contributed by atoms with E-state index in [1.165, 1.54) is 36.6 Å². The van der Waals surface area contributed by atoms with Gasteiger partial charge in [-0.2, -0.15) is 0 Å². The van der Waals surface area contributed by atoms with Gasteiger partial charge in [-0.15, -0.1) is 0 Å². The van der Waals surface area contributed by atoms with E-state index in [2.05, 4.69) is 15.8 Å². The van der Waals surface area contributed by atoms with E-state index >= 15 is 0 Å². The fraction of sp³-hybridized carbons (Fsp3) is 0.400. The van der Waals surface area contributed by atoms with E-state index in [0.29, 0.717) is 17.6 Å². The summed E-state index contributed by atoms with van der Waals surface area (Å²) in [5.41, 5.74) is 2.04. The SMILES string of the molecule is O=c1[nH]c2cc(S(=O)(=O)NCCC3=CCCCC3)ccc2o1. The van der Waals surface area contributed by atoms with Gasteiger partial charge in [-0.3, -0.25) is 4.98 Å². The van der Waals surface area contributed by atoms with E-state index in [1.807, 2.05) is 0 Å². The van der Waals surface area contributed by atoms with Crippen LogP contribution in [-0.4, -0.2) is 19.9 Å². The molecule has 1 aromatic heterocycles. The van der Waals surface area contributed by atoms with Gasteiger partial charge in [0, 0.05) is 6.54 Å². The monoisotopic (exact) mass is 322 g/mol. The molecule has 1 heterocycles. The normalized spacial score (nSPS) is 15.9. The second-order valence-electron chi connectivity index (χ2n) is 5.43. The maximum atomic E-state index is 12.3. The first-order valence-electron chi connectivity index (χ1n) is 7.35. The van der Waals surface area contributed by atoms with Crippen molar-refractivity contribution >= 4 is 21.1 Å². The molecular formula is C15H18N2O4S. The summed E-state index contributed by atoms with van der Waals surface area (Å²) < 4.78 is 32.0. The lowest BCUT2D eigenvalue weighted by Crippen LogP contribution is -2.25. The largest absolute Gasteiger partial charge is 0.417 e. The Morgan fingerprint density at radius 1 is 1.27 bits per heavy atom. The molecule has 1 aliphatic rings. The van der Waals surface area contributed by atoms with Crippen molar-refractivity contribution in [1.29, 1.82) is 0 Å². The summed E-state index contributed by atoms with van der Waals surface area (Å²) in [5.74, 6) is -0.596. The Kier molecular flexibility index (Phi) is 4.17. The third-order valence-electron chi connectivity index (χ3n) is 3.82. The van der Waals surface area contributed by atoms with Gasteiger partial charge in [0.25, 0.3) is 0 Å². The zero-order valence-corrected chi connectivity index (χ0v) is 12.9. The smallest absolute Gasteiger partial charge is 0.408 e. The van der Waals surface area contributed by atoms with Gasteiger partial charge in [-0.05, 0) is 50.3 Å². The Bertz CT molecular complexity index is 861. The maximum Gasteiger partial charge on any atom is 0.417 e. The average molecular weight is 322 g/mol. The minimum Gasteiger partial charge on any atom is -0.408 e. The van der Waals surface area contributed by atoms with Crippen molar-refractivity contribution in [3.8, 4) is 0 Å². The van der Waals surface area contributed by atoms with Crippen LogP contribution in [0, 0.1) is 0 Å². The van der Waals surface area contributed by atoms with E-state index in [9.17, 15) is 13.2 Å². The van der Waals surface area contributed by atoms with Crippen molar-refractivity contribution in [1.82, 2.24) is 9.71 Å². The molecule has 0 bridgehead atoms. The minimum absolute atomic E-state index is 0.120. The molecule has 0 unspecified atom stereocenters. The van der Waals surface area contributed by atoms with Crippen LogP contribution >= 0.6 is 0 Å². The van der Waals surface area contributed by atoms with Gasteiger partial charge in [-0.25, -0.2) is 17.9 Å². The second-order valence-corrected chi connectivity index (χ2v) is 7.20. The molecule has 0 aliphatic heterocycles. The summed E-state index contributed by atoms with van der Waals surface area (Å²) in [4.78, 5) is 13.7. The predicted molar refractivity (Wildman–Crippen MR) is 83.2 cm³/mol. The van der Waals surface area contributed by atoms with E-state index in [1.54, 1.807) is 0 Å². The molecule has 6 nitrogen and oxygen atoms in total. The molecule has 0 amide bonds. The molecule has 7 heteroatoms. The Morgan fingerprint density at radius 2 is 2.14 bits per heavy atom. The van der Waals surface area contributed by atoms with Crippen LogP contribution < -0.4 is 10.5 Å². The summed E-state index contributed by atoms with van der Waals surface area (Å²) in [6.45, 7) is 0.383. The summed E-state index contributed by atoms with van der Waals surface area (Å²) in [5, 5.41) is 0. The molecule has 118 valence electrons. The number of hydrogen-bond acceptors (Lipinski definition) is 4. The van der Waals surface area contributed by atoms with Crippen molar-refractivity contribution in [2.75, 3.05) is 6.54 Å². The molecule has 2 aromatic rings. The summed E-state index contributed by atoms with van der Waals surface area (Å²) in [6, 6.07) is 4.31. The standard InChI is InChI=1S/C15H18N2O4S/c18-15-17-13-10-12(6-7-14(13)21-15)22(19,20)16-9-8-11-4-2-1-3-5-11/h4,6-7,10,16H,1-3,5,8-9H2,(H,17,18). The number of rotatable bonds is 5. The number of H-pyrrole nitrogens is 1. The van der Waals surface area contributed by atoms with Gasteiger partial charge in [0.05, 0.1) is 10.4 Å². The molecule has 0 radical (unpaired) electrons. The highest BCUT2D eigenvalue weighted by Gasteiger charge is 2.15. The average Bonchev–Trinajstić information content (AvgIpc) is 2.87. The number of benzene rings is 1. The van der Waals surface area contributed by atoms with Gasteiger partial charge in [0.2, 0.25) is 10.0 Å². The zero-order chi connectivity index (χ0) is 15.6. The van der Waals surface area contributed by atoms with Crippen LogP contribution in [0.4, 0.5) is 0 Å². The highest BCUT2D eigenvalue weighted by Crippen LogP contribution is 2.20. The lowest BCUT2D eigenvalue weighted by molar-refractivity contribution is 0.555. The van der Waals surface area contributed by atoms with Gasteiger partial charge in [0.1, 0.15) is 0 Å². The van der Waals surface area contributed by atoms with Gasteiger partial charge < -0.3 is 4.42 Å². The Balaban J connectivity index is 1.70. The van der Waals surface area contributed by atoms with Gasteiger partial charge >= 0.3 is 5.76 Å². The number of aromatic amines is 1. The number of nitrogens with one attached hydrogen (secondary N) is 2. The molecule has 0 saturated carbocycles. The van der Waals surface area contributed by atoms with E-state index in [4.69, 9.17) is 4.42 Å². The number of hydrogen-bond donors (Lipinski definition) is 2. The summed E-state index contributed by atoms with van der Waals surface area (Å²) >= 11 is 0. The van der Waals surface area contributed by atoms with Crippen LogP contribution in [0.15, 0.2) is 44.0 Å². The number of fused-ring (bicyclic) bond motifs is 1. The lowest BCUT2D eigenvalue weighted by atomic mass is 9.97. The molecular weight excluding hydrogens is 304 g/mol. The van der Waals surface area contributed by atoms with Crippen molar-refractivity contribution in [3.05, 3.63) is 40.4 Å². The quantitative estimate of drug-likeness (QED) is 0.826. The third kappa shape index (κ3) is 3.31. The molecule has 2 N–H and O–H groups in total. The van der Waals surface area contributed by atoms with Crippen LogP contribution in [0.3, 0.4) is 0 Å². The molecule has 1 aromatic carbocycles. The molecule has 0 atom stereocenters. The lowest BCUT2D eigenvalue weighted by Gasteiger charge is -2.13. The molecule has 0 saturated heterocycles. The third-order valence-corrected chi connectivity index (χ3v) is 5.28. The Morgan fingerprint density at radius 3 is 2.91 bits per heavy atom. The first kappa shape index (κ1) is 15.1. The van der Waals surface area contributed by atoms with Crippen LogP contribution in [0.25, 0.3) is 11.1 Å². The second kappa shape index (κ2) is 6.10. The topological polar surface area (TPSA) is 92.2 Å². The number of oxazole rings is 1. The van der Waals surface area contributed by atoms with Crippen LogP contribution in [0.2, 0.25) is 0 Å². The summed E-state index contributed by atoms with van der Waals surface area (Å²) in [7, 11) is -3.58. The van der Waals surface area contributed by atoms with Crippen molar-refractivity contribution in [2.45, 2.75) is 37.0 Å². The molecule has 1 aliphatic carbocycles. The Labute approximate surface area is 128 Å². The van der Waals surface area contributed by atoms with Crippen LogP contribution in [-0.2, 0) is 10.0 Å². The first-order chi connectivity index (χ1) is 10.5. The number of aromatic nitrogens is 1. The predicted octanol–water partition coefficient (Wildman–Crippen LogP) is 2.29. The van der Waals surface area contributed by atoms with Crippen molar-refractivity contribution < 1.29 is 12.8 Å². The maximum absolute atomic E-state index is 12.3. The zero-order valence-electron chi connectivity index (χ0n) is 12.1. The summed E-state index contributed by atoms with van der Waals surface area (Å²) in [6.07, 6.45) is 7.50. The fourth-order valence-corrected chi connectivity index (χ4v) is 3.72. The fourth-order valence-electron chi connectivity index (χ4n) is 2.66. The highest BCUT2D eigenvalue weighted by atomic mass is 32.2. The molecule has 22 heavy (non-hydrogen) atoms. The molecule has 0 spiro atoms. The minimum atomic E-state index is -3.58. The van der Waals surface area contributed by atoms with Crippen molar-refractivity contribution in [2.24, 2.45) is 0 Å². The van der Waals surface area contributed by atoms with Crippen molar-refractivity contribution in [3.63, 3.8) is 0 Å². The van der Waals surface area contributed by atoms with Crippen LogP contribution in [0.5, 0.6) is 0 Å². The van der Waals surface area contributed by atoms with E-state index in [-0.39, 0.29) is 4.90 Å². The number of allylic oxidation sites excluding steroid dienone is 1. The highest BCUT2D eigenvalue weighted by molar-refractivity contribution is 7.89. The van der Waals surface area contributed by atoms with E-state index in [0.717, 1.165) is 19.3 Å². The molecule has 0 fully saturated rings. The van der Waals surface area contributed by atoms with Crippen LogP contribution in [0.1, 0.15) is 32.1 Å². The first-order valence-corrected chi connectivity index (χ1v) is 8.83. The number of sulfonamides is 1.